The Morgan fingerprint density at radius 1 is 0.800 bits per heavy atom. The molecule has 4 unspecified atom stereocenters. The van der Waals surface area contributed by atoms with Gasteiger partial charge in [-0.05, 0) is 17.0 Å². The van der Waals surface area contributed by atoms with Crippen molar-refractivity contribution in [1.82, 2.24) is 21.3 Å². The number of carbonyl (C=O) groups excluding carboxylic acids is 4. The van der Waals surface area contributed by atoms with Gasteiger partial charge in [-0.15, -0.1) is 0 Å². The van der Waals surface area contributed by atoms with Crippen LogP contribution < -0.4 is 21.3 Å². The summed E-state index contributed by atoms with van der Waals surface area (Å²) in [5, 5.41) is 37.1. The van der Waals surface area contributed by atoms with Crippen LogP contribution in [0.15, 0.2) is 72.8 Å². The molecule has 6 N–H and O–H groups in total. The number of nitriles is 1. The molecule has 0 fully saturated rings. The van der Waals surface area contributed by atoms with E-state index < -0.39 is 78.7 Å². The lowest BCUT2D eigenvalue weighted by molar-refractivity contribution is -0.140. The molecule has 0 saturated heterocycles. The minimum absolute atomic E-state index is 0.137. The van der Waals surface area contributed by atoms with Crippen LogP contribution in [0.3, 0.4) is 0 Å². The van der Waals surface area contributed by atoms with Crippen molar-refractivity contribution < 1.29 is 43.7 Å². The molecule has 238 valence electrons. The number of ether oxygens (including phenoxy) is 1. The van der Waals surface area contributed by atoms with Gasteiger partial charge in [-0.1, -0.05) is 80.6 Å². The van der Waals surface area contributed by atoms with Gasteiger partial charge in [0.05, 0.1) is 25.0 Å². The molecule has 0 radical (unpaired) electrons. The van der Waals surface area contributed by atoms with E-state index in [9.17, 15) is 33.9 Å². The zero-order valence-electron chi connectivity index (χ0n) is 24.6. The maximum Gasteiger partial charge on any atom is 0.408 e. The second-order valence-electron chi connectivity index (χ2n) is 10.1. The molecule has 14 nitrogen and oxygen atoms in total. The number of carboxylic acids is 2. The molecular weight excluding hydrogens is 586 g/mol. The molecule has 0 bridgehead atoms. The van der Waals surface area contributed by atoms with Gasteiger partial charge in [0.25, 0.3) is 0 Å². The molecule has 14 heteroatoms. The average Bonchev–Trinajstić information content (AvgIpc) is 2.99. The van der Waals surface area contributed by atoms with Gasteiger partial charge >= 0.3 is 18.0 Å². The molecule has 0 aromatic heterocycles. The minimum atomic E-state index is -1.63. The molecule has 0 spiro atoms. The molecule has 4 amide bonds. The van der Waals surface area contributed by atoms with Crippen molar-refractivity contribution in [3.8, 4) is 6.07 Å². The summed E-state index contributed by atoms with van der Waals surface area (Å²) in [6, 6.07) is 13.0. The Morgan fingerprint density at radius 3 is 1.96 bits per heavy atom. The summed E-state index contributed by atoms with van der Waals surface area (Å²) in [5.74, 6) is -5.73. The standard InChI is InChI=1S/C31H35N5O9/c1-19(2)26(29(42)33-22(14-9-15-32)16-24(37)38)35-30(43)27(21-12-7-4-8-13-21)36-28(41)23(17-25(39)40)34-31(44)45-18-20-10-5-3-6-11-20/h3-14,19,22-23,26-27H,16-18H2,1-2H3,(H,33,42)(H,34,44)(H,35,43)(H,36,41)(H,37,38)(H,39,40). The first-order valence-electron chi connectivity index (χ1n) is 13.8. The number of alkyl carbamates (subject to hydrolysis) is 1. The van der Waals surface area contributed by atoms with Crippen LogP contribution in [0.5, 0.6) is 0 Å². The molecule has 0 aliphatic carbocycles. The second-order valence-corrected chi connectivity index (χ2v) is 10.1. The van der Waals surface area contributed by atoms with E-state index in [1.165, 1.54) is 18.2 Å². The number of nitrogens with one attached hydrogen (secondary N) is 4. The van der Waals surface area contributed by atoms with Gasteiger partial charge in [0.2, 0.25) is 17.7 Å². The van der Waals surface area contributed by atoms with E-state index in [2.05, 4.69) is 21.3 Å². The predicted octanol–water partition coefficient (Wildman–Crippen LogP) is 1.79. The molecule has 0 aliphatic heterocycles. The summed E-state index contributed by atoms with van der Waals surface area (Å²) in [6.45, 7) is 3.12. The SMILES string of the molecule is CC(C)C(NC(=O)C(NC(=O)C(CC(=O)O)NC(=O)OCc1ccccc1)c1ccccc1)C(=O)NC(C=CC#N)CC(=O)O. The average molecular weight is 622 g/mol. The minimum Gasteiger partial charge on any atom is -0.481 e. The van der Waals surface area contributed by atoms with Crippen LogP contribution in [0.25, 0.3) is 0 Å². The van der Waals surface area contributed by atoms with Crippen LogP contribution in [-0.2, 0) is 35.3 Å². The molecule has 2 rings (SSSR count). The van der Waals surface area contributed by atoms with Gasteiger partial charge in [-0.2, -0.15) is 5.26 Å². The zero-order valence-corrected chi connectivity index (χ0v) is 24.6. The zero-order chi connectivity index (χ0) is 33.4. The summed E-state index contributed by atoms with van der Waals surface area (Å²) in [6.07, 6.45) is -0.167. The number of hydrogen-bond acceptors (Lipinski definition) is 8. The van der Waals surface area contributed by atoms with Gasteiger partial charge < -0.3 is 36.2 Å². The summed E-state index contributed by atoms with van der Waals surface area (Å²) in [7, 11) is 0. The van der Waals surface area contributed by atoms with Gasteiger partial charge in [-0.3, -0.25) is 24.0 Å². The van der Waals surface area contributed by atoms with Crippen LogP contribution in [0.1, 0.15) is 43.9 Å². The molecule has 0 saturated carbocycles. The maximum atomic E-state index is 13.6. The summed E-state index contributed by atoms with van der Waals surface area (Å²) >= 11 is 0. The highest BCUT2D eigenvalue weighted by molar-refractivity contribution is 5.95. The van der Waals surface area contributed by atoms with Gasteiger partial charge in [0.15, 0.2) is 0 Å². The fraction of sp³-hybridized carbons (Fsp3) is 0.323. The summed E-state index contributed by atoms with van der Waals surface area (Å²) < 4.78 is 5.11. The highest BCUT2D eigenvalue weighted by Crippen LogP contribution is 2.16. The van der Waals surface area contributed by atoms with E-state index in [1.54, 1.807) is 68.4 Å². The normalized spacial score (nSPS) is 13.4. The van der Waals surface area contributed by atoms with Crippen molar-refractivity contribution in [2.24, 2.45) is 5.92 Å². The molecular formula is C31H35N5O9. The number of amides is 4. The van der Waals surface area contributed by atoms with Gasteiger partial charge in [0.1, 0.15) is 24.7 Å². The van der Waals surface area contributed by atoms with Crippen LogP contribution in [0.4, 0.5) is 4.79 Å². The molecule has 2 aromatic rings. The topological polar surface area (TPSA) is 224 Å². The Morgan fingerprint density at radius 2 is 1.40 bits per heavy atom. The number of nitrogens with zero attached hydrogens (tertiary/aromatic N) is 1. The first-order valence-corrected chi connectivity index (χ1v) is 13.8. The number of carbonyl (C=O) groups is 6. The summed E-state index contributed by atoms with van der Waals surface area (Å²) in [5.41, 5.74) is 0.944. The second kappa shape index (κ2) is 18.1. The molecule has 0 aliphatic rings. The third-order valence-electron chi connectivity index (χ3n) is 6.25. The summed E-state index contributed by atoms with van der Waals surface area (Å²) in [4.78, 5) is 75.2. The Balaban J connectivity index is 2.25. The van der Waals surface area contributed by atoms with Crippen molar-refractivity contribution in [2.75, 3.05) is 0 Å². The van der Waals surface area contributed by atoms with E-state index in [0.29, 0.717) is 5.56 Å². The smallest absolute Gasteiger partial charge is 0.408 e. The highest BCUT2D eigenvalue weighted by Gasteiger charge is 2.33. The van der Waals surface area contributed by atoms with Gasteiger partial charge in [-0.25, -0.2) is 4.79 Å². The lowest BCUT2D eigenvalue weighted by Gasteiger charge is -2.27. The lowest BCUT2D eigenvalue weighted by atomic mass is 10.00. The first kappa shape index (κ1) is 35.5. The predicted molar refractivity (Wildman–Crippen MR) is 159 cm³/mol. The lowest BCUT2D eigenvalue weighted by Crippen LogP contribution is -2.56. The molecule has 4 atom stereocenters. The van der Waals surface area contributed by atoms with E-state index >= 15 is 0 Å². The van der Waals surface area contributed by atoms with Crippen molar-refractivity contribution >= 4 is 35.8 Å². The Bertz CT molecular complexity index is 1410. The number of carboxylic acid groups (broad SMARTS) is 2. The van der Waals surface area contributed by atoms with Crippen LogP contribution in [0.2, 0.25) is 0 Å². The number of aliphatic carboxylic acids is 2. The Kier molecular flexibility index (Phi) is 14.2. The van der Waals surface area contributed by atoms with E-state index in [0.717, 1.165) is 6.08 Å². The number of allylic oxidation sites excluding steroid dienone is 1. The van der Waals surface area contributed by atoms with Crippen molar-refractivity contribution in [3.63, 3.8) is 0 Å². The molecule has 2 aromatic carbocycles. The fourth-order valence-corrected chi connectivity index (χ4v) is 4.04. The van der Waals surface area contributed by atoms with Crippen LogP contribution in [0, 0.1) is 17.2 Å². The van der Waals surface area contributed by atoms with Crippen LogP contribution >= 0.6 is 0 Å². The first-order chi connectivity index (χ1) is 21.4. The van der Waals surface area contributed by atoms with Crippen molar-refractivity contribution in [2.45, 2.75) is 57.5 Å². The van der Waals surface area contributed by atoms with E-state index in [4.69, 9.17) is 15.1 Å². The van der Waals surface area contributed by atoms with Crippen molar-refractivity contribution in [1.29, 1.82) is 5.26 Å². The quantitative estimate of drug-likeness (QED) is 0.149. The number of rotatable bonds is 16. The highest BCUT2D eigenvalue weighted by atomic mass is 16.5. The number of benzene rings is 2. The third-order valence-corrected chi connectivity index (χ3v) is 6.25. The van der Waals surface area contributed by atoms with Crippen molar-refractivity contribution in [3.05, 3.63) is 83.9 Å². The van der Waals surface area contributed by atoms with E-state index in [-0.39, 0.29) is 12.2 Å². The largest absolute Gasteiger partial charge is 0.481 e. The van der Waals surface area contributed by atoms with E-state index in [1.807, 2.05) is 0 Å². The van der Waals surface area contributed by atoms with Gasteiger partial charge in [0, 0.05) is 6.08 Å². The fourth-order valence-electron chi connectivity index (χ4n) is 4.04. The monoisotopic (exact) mass is 621 g/mol. The maximum absolute atomic E-state index is 13.6. The molecule has 0 heterocycles. The van der Waals surface area contributed by atoms with Crippen LogP contribution in [-0.4, -0.2) is 64.1 Å². The Hall–Kier alpha value is -5.71. The number of hydrogen-bond donors (Lipinski definition) is 6. The Labute approximate surface area is 259 Å². The molecule has 45 heavy (non-hydrogen) atoms. The third kappa shape index (κ3) is 12.6.